The first kappa shape index (κ1) is 16.5. The number of benzene rings is 1. The van der Waals surface area contributed by atoms with Crippen LogP contribution < -0.4 is 9.47 Å². The van der Waals surface area contributed by atoms with E-state index in [1.54, 1.807) is 31.4 Å². The van der Waals surface area contributed by atoms with Crippen LogP contribution in [0.25, 0.3) is 11.3 Å². The molecule has 0 unspecified atom stereocenters. The number of hydrogen-bond donors (Lipinski definition) is 0. The number of nitrogens with zero attached hydrogens (tertiary/aromatic N) is 2. The van der Waals surface area contributed by atoms with E-state index in [9.17, 15) is 8.78 Å². The summed E-state index contributed by atoms with van der Waals surface area (Å²) in [5.41, 5.74) is 0.515. The smallest absolute Gasteiger partial charge is 0.388 e. The van der Waals surface area contributed by atoms with Crippen molar-refractivity contribution in [3.63, 3.8) is 0 Å². The van der Waals surface area contributed by atoms with E-state index in [1.807, 2.05) is 20.8 Å². The number of methoxy groups -OCH3 is 1. The monoisotopic (exact) mass is 330 g/mol. The highest BCUT2D eigenvalue weighted by atomic mass is 35.5. The fourth-order valence-corrected chi connectivity index (χ4v) is 2.23. The predicted octanol–water partition coefficient (Wildman–Crippen LogP) is 4.57. The zero-order valence-corrected chi connectivity index (χ0v) is 13.5. The first-order valence-electron chi connectivity index (χ1n) is 6.62. The molecule has 0 atom stereocenters. The fraction of sp³-hybridized carbons (Fsp3) is 0.400. The predicted molar refractivity (Wildman–Crippen MR) is 80.9 cm³/mol. The van der Waals surface area contributed by atoms with E-state index in [0.717, 1.165) is 0 Å². The van der Waals surface area contributed by atoms with Gasteiger partial charge in [0.2, 0.25) is 5.88 Å². The van der Waals surface area contributed by atoms with Gasteiger partial charge in [0.05, 0.1) is 12.6 Å². The lowest BCUT2D eigenvalue weighted by Gasteiger charge is -2.21. The normalized spacial score (nSPS) is 11.8. The molecular formula is C15H17ClF2N2O2. The van der Waals surface area contributed by atoms with Crippen LogP contribution in [0.4, 0.5) is 8.78 Å². The minimum atomic E-state index is -2.97. The van der Waals surface area contributed by atoms with Crippen molar-refractivity contribution >= 4 is 11.6 Å². The van der Waals surface area contributed by atoms with Crippen LogP contribution in [0.5, 0.6) is 11.6 Å². The van der Waals surface area contributed by atoms with Crippen molar-refractivity contribution in [1.29, 1.82) is 0 Å². The van der Waals surface area contributed by atoms with Crippen LogP contribution in [0.15, 0.2) is 24.3 Å². The van der Waals surface area contributed by atoms with Gasteiger partial charge in [-0.15, -0.1) is 0 Å². The van der Waals surface area contributed by atoms with Crippen LogP contribution >= 0.6 is 11.6 Å². The van der Waals surface area contributed by atoms with Crippen molar-refractivity contribution in [2.75, 3.05) is 7.11 Å². The Hall–Kier alpha value is -1.82. The maximum absolute atomic E-state index is 12.6. The molecule has 2 rings (SSSR count). The number of alkyl halides is 2. The summed E-state index contributed by atoms with van der Waals surface area (Å²) in [5, 5.41) is 4.40. The molecule has 0 aliphatic carbocycles. The third-order valence-electron chi connectivity index (χ3n) is 2.99. The molecule has 0 fully saturated rings. The fourth-order valence-electron chi connectivity index (χ4n) is 1.96. The Morgan fingerprint density at radius 3 is 2.23 bits per heavy atom. The van der Waals surface area contributed by atoms with Gasteiger partial charge in [-0.1, -0.05) is 11.6 Å². The Morgan fingerprint density at radius 2 is 1.77 bits per heavy atom. The lowest BCUT2D eigenvalue weighted by Crippen LogP contribution is -2.25. The summed E-state index contributed by atoms with van der Waals surface area (Å²) in [6, 6.07) is 7.00. The average Bonchev–Trinajstić information content (AvgIpc) is 2.76. The highest BCUT2D eigenvalue weighted by molar-refractivity contribution is 6.34. The van der Waals surface area contributed by atoms with Crippen LogP contribution in [-0.2, 0) is 5.54 Å². The molecule has 2 aromatic rings. The molecule has 120 valence electrons. The summed E-state index contributed by atoms with van der Waals surface area (Å²) in [4.78, 5) is 0. The number of aromatic nitrogens is 2. The number of hydrogen-bond acceptors (Lipinski definition) is 3. The topological polar surface area (TPSA) is 36.3 Å². The summed E-state index contributed by atoms with van der Waals surface area (Å²) in [5.74, 6) is 0.536. The van der Waals surface area contributed by atoms with E-state index in [1.165, 1.54) is 4.68 Å². The van der Waals surface area contributed by atoms with Gasteiger partial charge >= 0.3 is 6.61 Å². The van der Waals surface area contributed by atoms with E-state index < -0.39 is 12.2 Å². The van der Waals surface area contributed by atoms with Gasteiger partial charge in [-0.25, -0.2) is 4.68 Å². The molecule has 0 aliphatic heterocycles. The molecule has 22 heavy (non-hydrogen) atoms. The molecule has 7 heteroatoms. The van der Waals surface area contributed by atoms with Crippen LogP contribution in [0.1, 0.15) is 20.8 Å². The van der Waals surface area contributed by atoms with Crippen LogP contribution in [-0.4, -0.2) is 23.5 Å². The summed E-state index contributed by atoms with van der Waals surface area (Å²) in [6.07, 6.45) is 0. The average molecular weight is 331 g/mol. The molecule has 0 aliphatic rings. The molecule has 0 bridgehead atoms. The van der Waals surface area contributed by atoms with Gasteiger partial charge in [-0.2, -0.15) is 13.9 Å². The Bertz CT molecular complexity index is 649. The van der Waals surface area contributed by atoms with Crippen molar-refractivity contribution in [3.8, 4) is 22.9 Å². The lowest BCUT2D eigenvalue weighted by molar-refractivity contribution is -0.0578. The van der Waals surface area contributed by atoms with Gasteiger partial charge in [-0.05, 0) is 45.0 Å². The van der Waals surface area contributed by atoms with E-state index >= 15 is 0 Å². The lowest BCUT2D eigenvalue weighted by atomic mass is 10.1. The molecule has 1 heterocycles. The second-order valence-corrected chi connectivity index (χ2v) is 6.04. The van der Waals surface area contributed by atoms with Crippen molar-refractivity contribution < 1.29 is 18.3 Å². The maximum Gasteiger partial charge on any atom is 0.388 e. The Labute approximate surface area is 132 Å². The largest absolute Gasteiger partial charge is 0.497 e. The van der Waals surface area contributed by atoms with Gasteiger partial charge in [-0.3, -0.25) is 0 Å². The molecule has 0 radical (unpaired) electrons. The van der Waals surface area contributed by atoms with Crippen molar-refractivity contribution in [1.82, 2.24) is 9.78 Å². The Kier molecular flexibility index (Phi) is 4.60. The van der Waals surface area contributed by atoms with Crippen molar-refractivity contribution in [2.24, 2.45) is 0 Å². The summed E-state index contributed by atoms with van der Waals surface area (Å²) < 4.78 is 36.3. The third kappa shape index (κ3) is 3.32. The first-order valence-corrected chi connectivity index (χ1v) is 7.00. The molecule has 0 N–H and O–H groups in total. The van der Waals surface area contributed by atoms with Crippen molar-refractivity contribution in [2.45, 2.75) is 32.9 Å². The molecule has 1 aromatic heterocycles. The van der Waals surface area contributed by atoms with E-state index in [-0.39, 0.29) is 10.9 Å². The first-order chi connectivity index (χ1) is 10.2. The van der Waals surface area contributed by atoms with E-state index in [2.05, 4.69) is 9.84 Å². The van der Waals surface area contributed by atoms with Gasteiger partial charge in [0.15, 0.2) is 0 Å². The highest BCUT2D eigenvalue weighted by Crippen LogP contribution is 2.39. The molecule has 4 nitrogen and oxygen atoms in total. The van der Waals surface area contributed by atoms with Gasteiger partial charge < -0.3 is 9.47 Å². The van der Waals surface area contributed by atoms with E-state index in [4.69, 9.17) is 16.3 Å². The number of halogens is 3. The minimum absolute atomic E-state index is 0.0559. The Balaban J connectivity index is 2.54. The quantitative estimate of drug-likeness (QED) is 0.824. The highest BCUT2D eigenvalue weighted by Gasteiger charge is 2.28. The summed E-state index contributed by atoms with van der Waals surface area (Å²) in [6.45, 7) is 2.50. The van der Waals surface area contributed by atoms with Crippen LogP contribution in [0.3, 0.4) is 0 Å². The summed E-state index contributed by atoms with van der Waals surface area (Å²) >= 11 is 6.21. The molecule has 0 amide bonds. The standard InChI is InChI=1S/C15H17ClF2N2O2/c1-15(2,3)20-13(22-14(17)18)11(16)12(19-20)9-5-7-10(21-4)8-6-9/h5-8,14H,1-4H3. The molecular weight excluding hydrogens is 314 g/mol. The zero-order valence-electron chi connectivity index (χ0n) is 12.7. The second-order valence-electron chi connectivity index (χ2n) is 5.66. The van der Waals surface area contributed by atoms with Gasteiger partial charge in [0.1, 0.15) is 16.5 Å². The van der Waals surface area contributed by atoms with E-state index in [0.29, 0.717) is 17.0 Å². The second kappa shape index (κ2) is 6.12. The van der Waals surface area contributed by atoms with Crippen molar-refractivity contribution in [3.05, 3.63) is 29.3 Å². The molecule has 0 spiro atoms. The number of ether oxygens (including phenoxy) is 2. The third-order valence-corrected chi connectivity index (χ3v) is 3.33. The van der Waals surface area contributed by atoms with Crippen LogP contribution in [0.2, 0.25) is 5.02 Å². The molecule has 0 saturated heterocycles. The maximum atomic E-state index is 12.6. The van der Waals surface area contributed by atoms with Crippen LogP contribution in [0, 0.1) is 0 Å². The zero-order chi connectivity index (χ0) is 16.5. The Morgan fingerprint density at radius 1 is 1.18 bits per heavy atom. The summed E-state index contributed by atoms with van der Waals surface area (Å²) in [7, 11) is 1.56. The van der Waals surface area contributed by atoms with Gasteiger partial charge in [0, 0.05) is 5.56 Å². The van der Waals surface area contributed by atoms with Gasteiger partial charge in [0.25, 0.3) is 0 Å². The SMILES string of the molecule is COc1ccc(-c2nn(C(C)(C)C)c(OC(F)F)c2Cl)cc1. The number of rotatable bonds is 4. The molecule has 1 aromatic carbocycles. The molecule has 0 saturated carbocycles. The minimum Gasteiger partial charge on any atom is -0.497 e.